The van der Waals surface area contributed by atoms with E-state index in [1.165, 1.54) is 18.3 Å². The topological polar surface area (TPSA) is 86.7 Å². The summed E-state index contributed by atoms with van der Waals surface area (Å²) in [6.07, 6.45) is 1.26. The lowest BCUT2D eigenvalue weighted by atomic mass is 10.4. The molecule has 0 N–H and O–H groups in total. The molecule has 0 aliphatic carbocycles. The molecule has 0 aliphatic heterocycles. The van der Waals surface area contributed by atoms with Crippen LogP contribution in [-0.2, 0) is 4.74 Å². The standard InChI is InChI=1S/C10H9N3O4/c1-2-17-10(14)7-6-11-8-4-3-5-9(12(7)8)13(15)16/h3-6H,2H2,1H3. The first-order valence-electron chi connectivity index (χ1n) is 4.93. The highest BCUT2D eigenvalue weighted by molar-refractivity contribution is 5.88. The minimum absolute atomic E-state index is 0.0501. The van der Waals surface area contributed by atoms with Crippen molar-refractivity contribution in [3.63, 3.8) is 0 Å². The Morgan fingerprint density at radius 1 is 1.59 bits per heavy atom. The molecule has 7 heteroatoms. The van der Waals surface area contributed by atoms with E-state index in [-0.39, 0.29) is 18.1 Å². The van der Waals surface area contributed by atoms with Crippen LogP contribution < -0.4 is 0 Å². The Bertz CT molecular complexity index is 590. The second-order valence-corrected chi connectivity index (χ2v) is 3.20. The Labute approximate surface area is 95.8 Å². The van der Waals surface area contributed by atoms with Crippen LogP contribution in [-0.4, -0.2) is 26.9 Å². The van der Waals surface area contributed by atoms with E-state index < -0.39 is 10.9 Å². The number of fused-ring (bicyclic) bond motifs is 1. The summed E-state index contributed by atoms with van der Waals surface area (Å²) in [4.78, 5) is 25.8. The first-order valence-corrected chi connectivity index (χ1v) is 4.93. The fourth-order valence-electron chi connectivity index (χ4n) is 1.51. The average molecular weight is 235 g/mol. The molecule has 0 fully saturated rings. The van der Waals surface area contributed by atoms with Gasteiger partial charge in [-0.15, -0.1) is 0 Å². The third kappa shape index (κ3) is 1.82. The van der Waals surface area contributed by atoms with Crippen LogP contribution in [0.2, 0.25) is 0 Å². The van der Waals surface area contributed by atoms with Crippen molar-refractivity contribution in [3.8, 4) is 0 Å². The number of pyridine rings is 1. The van der Waals surface area contributed by atoms with Crippen molar-refractivity contribution in [2.45, 2.75) is 6.92 Å². The summed E-state index contributed by atoms with van der Waals surface area (Å²) < 4.78 is 5.97. The van der Waals surface area contributed by atoms with E-state index >= 15 is 0 Å². The van der Waals surface area contributed by atoms with Gasteiger partial charge >= 0.3 is 11.8 Å². The molecular weight excluding hydrogens is 226 g/mol. The Balaban J connectivity index is 2.65. The van der Waals surface area contributed by atoms with Gasteiger partial charge in [0.1, 0.15) is 0 Å². The molecule has 0 saturated carbocycles. The van der Waals surface area contributed by atoms with Crippen molar-refractivity contribution in [2.24, 2.45) is 0 Å². The first kappa shape index (κ1) is 11.1. The van der Waals surface area contributed by atoms with Gasteiger partial charge in [0, 0.05) is 12.1 Å². The maximum absolute atomic E-state index is 11.6. The number of esters is 1. The molecule has 0 aromatic carbocycles. The second-order valence-electron chi connectivity index (χ2n) is 3.20. The minimum Gasteiger partial charge on any atom is -0.460 e. The van der Waals surface area contributed by atoms with Crippen LogP contribution in [0, 0.1) is 10.1 Å². The van der Waals surface area contributed by atoms with Crippen LogP contribution in [0.15, 0.2) is 24.4 Å². The molecule has 17 heavy (non-hydrogen) atoms. The van der Waals surface area contributed by atoms with E-state index in [4.69, 9.17) is 4.74 Å². The highest BCUT2D eigenvalue weighted by Crippen LogP contribution is 2.17. The van der Waals surface area contributed by atoms with Gasteiger partial charge in [-0.3, -0.25) is 0 Å². The number of imidazole rings is 1. The van der Waals surface area contributed by atoms with Crippen LogP contribution in [0.5, 0.6) is 0 Å². The van der Waals surface area contributed by atoms with Crippen LogP contribution in [0.25, 0.3) is 5.65 Å². The maximum Gasteiger partial charge on any atom is 0.380 e. The molecule has 7 nitrogen and oxygen atoms in total. The molecule has 0 saturated heterocycles. The average Bonchev–Trinajstić information content (AvgIpc) is 2.72. The number of ether oxygens (including phenoxy) is 1. The third-order valence-electron chi connectivity index (χ3n) is 2.18. The predicted molar refractivity (Wildman–Crippen MR) is 57.8 cm³/mol. The summed E-state index contributed by atoms with van der Waals surface area (Å²) in [5, 5.41) is 10.9. The second kappa shape index (κ2) is 4.20. The Morgan fingerprint density at radius 2 is 2.35 bits per heavy atom. The van der Waals surface area contributed by atoms with Crippen molar-refractivity contribution in [2.75, 3.05) is 6.61 Å². The van der Waals surface area contributed by atoms with E-state index in [9.17, 15) is 14.9 Å². The highest BCUT2D eigenvalue weighted by atomic mass is 16.6. The van der Waals surface area contributed by atoms with Crippen molar-refractivity contribution >= 4 is 17.4 Å². The minimum atomic E-state index is -0.630. The van der Waals surface area contributed by atoms with E-state index in [1.807, 2.05) is 0 Å². The van der Waals surface area contributed by atoms with Crippen molar-refractivity contribution in [1.29, 1.82) is 0 Å². The smallest absolute Gasteiger partial charge is 0.380 e. The van der Waals surface area contributed by atoms with Gasteiger partial charge in [0.2, 0.25) is 11.3 Å². The highest BCUT2D eigenvalue weighted by Gasteiger charge is 2.23. The number of nitro groups is 1. The molecular formula is C10H9N3O4. The Kier molecular flexibility index (Phi) is 2.73. The van der Waals surface area contributed by atoms with Crippen molar-refractivity contribution < 1.29 is 14.5 Å². The summed E-state index contributed by atoms with van der Waals surface area (Å²) in [5.74, 6) is -0.850. The van der Waals surface area contributed by atoms with E-state index in [0.29, 0.717) is 5.65 Å². The van der Waals surface area contributed by atoms with Gasteiger partial charge in [0.15, 0.2) is 0 Å². The van der Waals surface area contributed by atoms with Crippen molar-refractivity contribution in [3.05, 3.63) is 40.2 Å². The van der Waals surface area contributed by atoms with Crippen LogP contribution in [0.4, 0.5) is 5.82 Å². The molecule has 88 valence electrons. The monoisotopic (exact) mass is 235 g/mol. The Morgan fingerprint density at radius 3 is 3.00 bits per heavy atom. The summed E-state index contributed by atoms with van der Waals surface area (Å²) in [5.41, 5.74) is 0.386. The SMILES string of the molecule is CCOC(=O)c1cnc2cccc([N+](=O)[O-])n12. The maximum atomic E-state index is 11.6. The molecule has 2 heterocycles. The molecule has 0 bridgehead atoms. The zero-order valence-electron chi connectivity index (χ0n) is 8.99. The zero-order valence-corrected chi connectivity index (χ0v) is 8.99. The number of rotatable bonds is 3. The fourth-order valence-corrected chi connectivity index (χ4v) is 1.51. The quantitative estimate of drug-likeness (QED) is 0.456. The van der Waals surface area contributed by atoms with Crippen LogP contribution in [0.3, 0.4) is 0 Å². The van der Waals surface area contributed by atoms with Crippen molar-refractivity contribution in [1.82, 2.24) is 9.38 Å². The lowest BCUT2D eigenvalue weighted by molar-refractivity contribution is -0.390. The van der Waals surface area contributed by atoms with E-state index in [0.717, 1.165) is 4.40 Å². The normalized spacial score (nSPS) is 10.4. The summed E-state index contributed by atoms with van der Waals surface area (Å²) in [7, 11) is 0. The van der Waals surface area contributed by atoms with Gasteiger partial charge < -0.3 is 14.9 Å². The largest absolute Gasteiger partial charge is 0.460 e. The lowest BCUT2D eigenvalue weighted by Crippen LogP contribution is -2.09. The van der Waals surface area contributed by atoms with Gasteiger partial charge in [-0.2, -0.15) is 4.40 Å². The number of hydrogen-bond acceptors (Lipinski definition) is 5. The molecule has 0 amide bonds. The van der Waals surface area contributed by atoms with E-state index in [1.54, 1.807) is 13.0 Å². The van der Waals surface area contributed by atoms with Crippen LogP contribution in [0.1, 0.15) is 17.4 Å². The molecule has 0 atom stereocenters. The van der Waals surface area contributed by atoms with Gasteiger partial charge in [-0.25, -0.2) is 9.78 Å². The van der Waals surface area contributed by atoms with Gasteiger partial charge in [-0.05, 0) is 17.9 Å². The molecule has 0 unspecified atom stereocenters. The predicted octanol–water partition coefficient (Wildman–Crippen LogP) is 1.42. The first-order chi connectivity index (χ1) is 8.15. The number of carbonyl (C=O) groups excluding carboxylic acids is 1. The molecule has 2 aromatic heterocycles. The summed E-state index contributed by atoms with van der Waals surface area (Å²) in [6.45, 7) is 1.86. The van der Waals surface area contributed by atoms with Gasteiger partial charge in [0.25, 0.3) is 0 Å². The van der Waals surface area contributed by atoms with Crippen LogP contribution >= 0.6 is 0 Å². The number of nitrogens with zero attached hydrogens (tertiary/aromatic N) is 3. The summed E-state index contributed by atoms with van der Waals surface area (Å²) in [6, 6.07) is 4.39. The van der Waals surface area contributed by atoms with Gasteiger partial charge in [0.05, 0.1) is 12.8 Å². The molecule has 0 radical (unpaired) electrons. The fraction of sp³-hybridized carbons (Fsp3) is 0.200. The van der Waals surface area contributed by atoms with Gasteiger partial charge in [-0.1, -0.05) is 0 Å². The number of hydrogen-bond donors (Lipinski definition) is 0. The lowest BCUT2D eigenvalue weighted by Gasteiger charge is -2.00. The van der Waals surface area contributed by atoms with E-state index in [2.05, 4.69) is 4.98 Å². The molecule has 2 rings (SSSR count). The molecule has 0 spiro atoms. The summed E-state index contributed by atoms with van der Waals surface area (Å²) >= 11 is 0. The number of carbonyl (C=O) groups is 1. The number of aromatic nitrogens is 2. The molecule has 2 aromatic rings. The Hall–Kier alpha value is -2.44. The molecule has 0 aliphatic rings. The third-order valence-corrected chi connectivity index (χ3v) is 2.18. The zero-order chi connectivity index (χ0) is 12.4.